The minimum absolute atomic E-state index is 0.291. The molecule has 2 atom stereocenters. The van der Waals surface area contributed by atoms with E-state index in [1.165, 1.54) is 0 Å². The van der Waals surface area contributed by atoms with Crippen LogP contribution in [-0.4, -0.2) is 41.4 Å². The predicted molar refractivity (Wildman–Crippen MR) is 105 cm³/mol. The Morgan fingerprint density at radius 3 is 2.00 bits per heavy atom. The first-order chi connectivity index (χ1) is 12.6. The molecule has 3 rings (SSSR count). The molecule has 1 fully saturated rings. The monoisotopic (exact) mass is 357 g/mol. The Morgan fingerprint density at radius 2 is 1.50 bits per heavy atom. The van der Waals surface area contributed by atoms with Crippen molar-refractivity contribution in [2.75, 3.05) is 26.3 Å². The molecule has 142 valence electrons. The third-order valence-corrected chi connectivity index (χ3v) is 4.83. The molecule has 2 N–H and O–H groups in total. The molecular formula is C22H31NO3. The Morgan fingerprint density at radius 1 is 0.962 bits per heavy atom. The summed E-state index contributed by atoms with van der Waals surface area (Å²) in [5.74, 6) is 0. The number of ether oxygens (including phenoxy) is 1. The van der Waals surface area contributed by atoms with E-state index in [0.717, 1.165) is 30.6 Å². The van der Waals surface area contributed by atoms with Crippen molar-refractivity contribution in [2.24, 2.45) is 0 Å². The van der Waals surface area contributed by atoms with Gasteiger partial charge < -0.3 is 14.9 Å². The molecule has 2 aromatic rings. The molecule has 1 aliphatic rings. The summed E-state index contributed by atoms with van der Waals surface area (Å²) in [4.78, 5) is 2.10. The third-order valence-electron chi connectivity index (χ3n) is 4.83. The first-order valence-corrected chi connectivity index (χ1v) is 9.45. The molecule has 0 spiro atoms. The number of aliphatic hydroxyl groups is 2. The van der Waals surface area contributed by atoms with Gasteiger partial charge in [0.15, 0.2) is 0 Å². The van der Waals surface area contributed by atoms with Gasteiger partial charge >= 0.3 is 0 Å². The molecule has 0 radical (unpaired) electrons. The van der Waals surface area contributed by atoms with Crippen molar-refractivity contribution < 1.29 is 14.9 Å². The van der Waals surface area contributed by atoms with Crippen molar-refractivity contribution in [3.63, 3.8) is 0 Å². The van der Waals surface area contributed by atoms with Crippen LogP contribution in [0, 0.1) is 0 Å². The average Bonchev–Trinajstić information content (AvgIpc) is 2.75. The van der Waals surface area contributed by atoms with E-state index < -0.39 is 5.72 Å². The zero-order valence-electron chi connectivity index (χ0n) is 15.8. The summed E-state index contributed by atoms with van der Waals surface area (Å²) in [7, 11) is 0. The fourth-order valence-electron chi connectivity index (χ4n) is 3.16. The fraction of sp³-hybridized carbons (Fsp3) is 0.455. The van der Waals surface area contributed by atoms with Crippen molar-refractivity contribution in [3.8, 4) is 0 Å². The van der Waals surface area contributed by atoms with Gasteiger partial charge in [-0.25, -0.2) is 0 Å². The maximum atomic E-state index is 10.8. The molecule has 0 bridgehead atoms. The second kappa shape index (κ2) is 10.4. The largest absolute Gasteiger partial charge is 0.388 e. The molecular weight excluding hydrogens is 326 g/mol. The van der Waals surface area contributed by atoms with E-state index in [1.807, 2.05) is 74.5 Å². The van der Waals surface area contributed by atoms with Crippen molar-refractivity contribution in [1.82, 2.24) is 4.90 Å². The molecule has 1 aliphatic heterocycles. The van der Waals surface area contributed by atoms with Gasteiger partial charge in [0.1, 0.15) is 5.72 Å². The van der Waals surface area contributed by atoms with Gasteiger partial charge in [0, 0.05) is 13.1 Å². The summed E-state index contributed by atoms with van der Waals surface area (Å²) in [6.45, 7) is 6.98. The molecule has 1 saturated heterocycles. The van der Waals surface area contributed by atoms with Gasteiger partial charge in [0.2, 0.25) is 0 Å². The number of benzene rings is 2. The molecule has 0 saturated carbocycles. The van der Waals surface area contributed by atoms with Crippen molar-refractivity contribution in [3.05, 3.63) is 71.8 Å². The number of nitrogens with zero attached hydrogens (tertiary/aromatic N) is 1. The van der Waals surface area contributed by atoms with Crippen LogP contribution in [0.1, 0.15) is 43.9 Å². The minimum Gasteiger partial charge on any atom is -0.388 e. The highest BCUT2D eigenvalue weighted by molar-refractivity contribution is 5.21. The van der Waals surface area contributed by atoms with Crippen LogP contribution in [0.5, 0.6) is 0 Å². The molecule has 0 aromatic heterocycles. The summed E-state index contributed by atoms with van der Waals surface area (Å²) in [6, 6.07) is 19.6. The molecule has 0 aliphatic carbocycles. The molecule has 2 aromatic carbocycles. The maximum absolute atomic E-state index is 10.8. The fourth-order valence-corrected chi connectivity index (χ4v) is 3.16. The van der Waals surface area contributed by atoms with E-state index in [0.29, 0.717) is 19.6 Å². The van der Waals surface area contributed by atoms with E-state index in [4.69, 9.17) is 4.74 Å². The van der Waals surface area contributed by atoms with Crippen LogP contribution in [-0.2, 0) is 10.5 Å². The first kappa shape index (κ1) is 20.6. The van der Waals surface area contributed by atoms with Crippen LogP contribution in [0.4, 0.5) is 0 Å². The van der Waals surface area contributed by atoms with Gasteiger partial charge in [-0.15, -0.1) is 0 Å². The zero-order valence-corrected chi connectivity index (χ0v) is 15.8. The summed E-state index contributed by atoms with van der Waals surface area (Å²) < 4.78 is 5.32. The highest BCUT2D eigenvalue weighted by Gasteiger charge is 2.35. The summed E-state index contributed by atoms with van der Waals surface area (Å²) >= 11 is 0. The van der Waals surface area contributed by atoms with Crippen molar-refractivity contribution in [2.45, 2.75) is 38.5 Å². The Kier molecular flexibility index (Phi) is 8.26. The van der Waals surface area contributed by atoms with Gasteiger partial charge in [0.05, 0.1) is 19.3 Å². The van der Waals surface area contributed by atoms with Crippen molar-refractivity contribution in [1.29, 1.82) is 0 Å². The third kappa shape index (κ3) is 5.39. The molecule has 1 heterocycles. The molecule has 4 heteroatoms. The van der Waals surface area contributed by atoms with Gasteiger partial charge in [-0.3, -0.25) is 4.90 Å². The standard InChI is InChI=1S/C13H19NO2.C9H12O/c1-2-13(15,12-6-4-3-5-7-12)14-8-10-16-11-9-14;1-2-9(10)8-6-4-3-5-7-8/h3-7,15H,2,8-11H2,1H3;3-7,9-10H,2H2,1H3. The lowest BCUT2D eigenvalue weighted by Crippen LogP contribution is -2.51. The van der Waals surface area contributed by atoms with Crippen LogP contribution >= 0.6 is 0 Å². The Bertz CT molecular complexity index is 614. The maximum Gasteiger partial charge on any atom is 0.144 e. The van der Waals surface area contributed by atoms with Gasteiger partial charge in [0.25, 0.3) is 0 Å². The van der Waals surface area contributed by atoms with E-state index in [9.17, 15) is 10.2 Å². The predicted octanol–water partition coefficient (Wildman–Crippen LogP) is 3.70. The summed E-state index contributed by atoms with van der Waals surface area (Å²) in [6.07, 6.45) is 1.18. The van der Waals surface area contributed by atoms with Crippen LogP contribution in [0.3, 0.4) is 0 Å². The molecule has 26 heavy (non-hydrogen) atoms. The molecule has 2 unspecified atom stereocenters. The van der Waals surface area contributed by atoms with Crippen LogP contribution < -0.4 is 0 Å². The molecule has 4 nitrogen and oxygen atoms in total. The van der Waals surface area contributed by atoms with E-state index in [1.54, 1.807) is 0 Å². The van der Waals surface area contributed by atoms with Gasteiger partial charge in [-0.2, -0.15) is 0 Å². The molecule has 0 amide bonds. The number of hydrogen-bond acceptors (Lipinski definition) is 4. The number of morpholine rings is 1. The van der Waals surface area contributed by atoms with Gasteiger partial charge in [-0.05, 0) is 24.0 Å². The normalized spacial score (nSPS) is 18.3. The number of aliphatic hydroxyl groups excluding tert-OH is 1. The quantitative estimate of drug-likeness (QED) is 0.857. The first-order valence-electron chi connectivity index (χ1n) is 9.45. The highest BCUT2D eigenvalue weighted by atomic mass is 16.5. The average molecular weight is 357 g/mol. The summed E-state index contributed by atoms with van der Waals surface area (Å²) in [5.41, 5.74) is 1.13. The topological polar surface area (TPSA) is 52.9 Å². The highest BCUT2D eigenvalue weighted by Crippen LogP contribution is 2.29. The Balaban J connectivity index is 0.000000209. The Hall–Kier alpha value is -1.72. The lowest BCUT2D eigenvalue weighted by Gasteiger charge is -2.41. The zero-order chi connectivity index (χ0) is 18.8. The second-order valence-corrected chi connectivity index (χ2v) is 6.47. The SMILES string of the molecule is CCC(O)(c1ccccc1)N1CCOCC1.CCC(O)c1ccccc1. The Labute approximate surface area is 157 Å². The lowest BCUT2D eigenvalue weighted by molar-refractivity contribution is -0.149. The van der Waals surface area contributed by atoms with Crippen LogP contribution in [0.2, 0.25) is 0 Å². The van der Waals surface area contributed by atoms with E-state index >= 15 is 0 Å². The van der Waals surface area contributed by atoms with Crippen LogP contribution in [0.25, 0.3) is 0 Å². The minimum atomic E-state index is -0.842. The van der Waals surface area contributed by atoms with E-state index in [-0.39, 0.29) is 6.10 Å². The summed E-state index contributed by atoms with van der Waals surface area (Å²) in [5, 5.41) is 20.1. The number of rotatable bonds is 5. The van der Waals surface area contributed by atoms with Crippen molar-refractivity contribution >= 4 is 0 Å². The van der Waals surface area contributed by atoms with Gasteiger partial charge in [-0.1, -0.05) is 74.5 Å². The van der Waals surface area contributed by atoms with Crippen LogP contribution in [0.15, 0.2) is 60.7 Å². The van der Waals surface area contributed by atoms with E-state index in [2.05, 4.69) is 4.90 Å². The second-order valence-electron chi connectivity index (χ2n) is 6.47. The lowest BCUT2D eigenvalue weighted by atomic mass is 9.98. The number of hydrogen-bond donors (Lipinski definition) is 2. The smallest absolute Gasteiger partial charge is 0.144 e.